The van der Waals surface area contributed by atoms with Crippen molar-refractivity contribution in [1.29, 1.82) is 0 Å². The monoisotopic (exact) mass is 353 g/mol. The fourth-order valence-electron chi connectivity index (χ4n) is 3.31. The van der Waals surface area contributed by atoms with Gasteiger partial charge in [-0.05, 0) is 18.6 Å². The number of nitrogens with one attached hydrogen (secondary N) is 2. The Bertz CT molecular complexity index is 543. The molecule has 0 spiro atoms. The second-order valence-corrected chi connectivity index (χ2v) is 6.07. The molecule has 0 aliphatic carbocycles. The van der Waals surface area contributed by atoms with E-state index in [9.17, 15) is 0 Å². The summed E-state index contributed by atoms with van der Waals surface area (Å²) in [5.41, 5.74) is 1.46. The van der Waals surface area contributed by atoms with Crippen LogP contribution in [0.3, 0.4) is 0 Å². The third-order valence-electron chi connectivity index (χ3n) is 4.60. The normalized spacial score (nSPS) is 21.6. The Balaban J connectivity index is 0.00000132. The maximum atomic E-state index is 4.49. The highest BCUT2D eigenvalue weighted by Gasteiger charge is 2.28. The lowest BCUT2D eigenvalue weighted by Crippen LogP contribution is -3.28. The molecule has 0 amide bonds. The molecule has 0 bridgehead atoms. The van der Waals surface area contributed by atoms with Crippen molar-refractivity contribution in [1.82, 2.24) is 4.98 Å². The predicted molar refractivity (Wildman–Crippen MR) is 84.9 cm³/mol. The number of pyridine rings is 1. The molecule has 1 aromatic heterocycles. The van der Waals surface area contributed by atoms with Crippen molar-refractivity contribution in [2.24, 2.45) is 0 Å². The molecule has 1 aromatic carbocycles. The summed E-state index contributed by atoms with van der Waals surface area (Å²) in [6, 6.07) is 17.8. The van der Waals surface area contributed by atoms with Crippen molar-refractivity contribution in [3.63, 3.8) is 0 Å². The second-order valence-electron chi connectivity index (χ2n) is 6.07. The lowest BCUT2D eigenvalue weighted by molar-refractivity contribution is -1.00. The molecule has 2 N–H and O–H groups in total. The third-order valence-corrected chi connectivity index (χ3v) is 4.60. The molecule has 1 saturated heterocycles. The molecular formula is C18H25Cl2N3. The average molecular weight is 354 g/mol. The first-order valence-electron chi connectivity index (χ1n) is 7.97. The molecule has 1 atom stereocenters. The van der Waals surface area contributed by atoms with E-state index in [1.54, 1.807) is 4.90 Å². The van der Waals surface area contributed by atoms with Gasteiger partial charge in [0.2, 0.25) is 5.82 Å². The van der Waals surface area contributed by atoms with Crippen molar-refractivity contribution >= 4 is 5.82 Å². The molecule has 1 aliphatic heterocycles. The summed E-state index contributed by atoms with van der Waals surface area (Å²) in [4.78, 5) is 7.76. The zero-order valence-corrected chi connectivity index (χ0v) is 15.0. The zero-order chi connectivity index (χ0) is 14.5. The van der Waals surface area contributed by atoms with Gasteiger partial charge in [-0.3, -0.25) is 4.90 Å². The van der Waals surface area contributed by atoms with Gasteiger partial charge in [-0.25, -0.2) is 4.98 Å². The van der Waals surface area contributed by atoms with Crippen LogP contribution in [0, 0.1) is 0 Å². The first kappa shape index (κ1) is 19.9. The number of hydrogen-bond acceptors (Lipinski definition) is 1. The van der Waals surface area contributed by atoms with E-state index in [0.29, 0.717) is 6.04 Å². The van der Waals surface area contributed by atoms with Crippen LogP contribution in [0.25, 0.3) is 0 Å². The second kappa shape index (κ2) is 9.89. The van der Waals surface area contributed by atoms with Gasteiger partial charge in [0.05, 0.1) is 6.04 Å². The van der Waals surface area contributed by atoms with Gasteiger partial charge in [0.15, 0.2) is 0 Å². The lowest BCUT2D eigenvalue weighted by Gasteiger charge is -2.32. The van der Waals surface area contributed by atoms with E-state index < -0.39 is 0 Å². The Morgan fingerprint density at radius 2 is 1.57 bits per heavy atom. The first-order chi connectivity index (χ1) is 10.3. The van der Waals surface area contributed by atoms with E-state index in [1.165, 1.54) is 48.9 Å². The average Bonchev–Trinajstić information content (AvgIpc) is 2.57. The van der Waals surface area contributed by atoms with Crippen molar-refractivity contribution in [3.8, 4) is 0 Å². The van der Waals surface area contributed by atoms with Crippen LogP contribution in [0.2, 0.25) is 0 Å². The molecule has 0 radical (unpaired) electrons. The van der Waals surface area contributed by atoms with E-state index in [4.69, 9.17) is 0 Å². The van der Waals surface area contributed by atoms with Crippen LogP contribution in [-0.4, -0.2) is 37.2 Å². The van der Waals surface area contributed by atoms with E-state index in [1.807, 2.05) is 12.3 Å². The molecule has 1 unspecified atom stereocenters. The summed E-state index contributed by atoms with van der Waals surface area (Å²) < 4.78 is 0. The summed E-state index contributed by atoms with van der Waals surface area (Å²) >= 11 is 0. The summed E-state index contributed by atoms with van der Waals surface area (Å²) in [7, 11) is 0. The van der Waals surface area contributed by atoms with Crippen LogP contribution < -0.4 is 34.6 Å². The standard InChI is InChI=1S/C18H23N3.2ClH/c1-16(15-17-7-3-2-4-8-17)20-11-13-21(14-12-20)18-9-5-6-10-19-18;;/h2-10,16H,11-15H2,1H3;2*1H. The van der Waals surface area contributed by atoms with Crippen LogP contribution >= 0.6 is 0 Å². The van der Waals surface area contributed by atoms with Crippen LogP contribution in [0.5, 0.6) is 0 Å². The van der Waals surface area contributed by atoms with Crippen molar-refractivity contribution in [2.75, 3.05) is 26.2 Å². The summed E-state index contributed by atoms with van der Waals surface area (Å²) in [5.74, 6) is 1.20. The van der Waals surface area contributed by atoms with Gasteiger partial charge in [-0.15, -0.1) is 0 Å². The maximum Gasteiger partial charge on any atom is 0.226 e. The third kappa shape index (κ3) is 5.47. The predicted octanol–water partition coefficient (Wildman–Crippen LogP) is -5.86. The molecule has 3 rings (SSSR count). The quantitative estimate of drug-likeness (QED) is 0.561. The molecular weight excluding hydrogens is 329 g/mol. The molecule has 0 saturated carbocycles. The highest BCUT2D eigenvalue weighted by molar-refractivity contribution is 5.16. The van der Waals surface area contributed by atoms with Gasteiger partial charge in [-0.1, -0.05) is 36.4 Å². The molecule has 3 nitrogen and oxygen atoms in total. The summed E-state index contributed by atoms with van der Waals surface area (Å²) in [5, 5.41) is 0. The number of halogens is 2. The van der Waals surface area contributed by atoms with Crippen LogP contribution in [0.1, 0.15) is 12.5 Å². The van der Waals surface area contributed by atoms with Crippen LogP contribution in [0.15, 0.2) is 54.7 Å². The topological polar surface area (TPSA) is 21.8 Å². The Morgan fingerprint density at radius 1 is 0.913 bits per heavy atom. The highest BCUT2D eigenvalue weighted by Crippen LogP contribution is 2.01. The van der Waals surface area contributed by atoms with Gasteiger partial charge in [0, 0.05) is 18.7 Å². The van der Waals surface area contributed by atoms with Crippen molar-refractivity contribution in [2.45, 2.75) is 19.4 Å². The molecule has 1 aliphatic rings. The van der Waals surface area contributed by atoms with Gasteiger partial charge >= 0.3 is 0 Å². The number of hydrogen-bond donors (Lipinski definition) is 2. The number of aromatic nitrogens is 1. The largest absolute Gasteiger partial charge is 1.00 e. The van der Waals surface area contributed by atoms with E-state index in [-0.39, 0.29) is 24.8 Å². The summed E-state index contributed by atoms with van der Waals surface area (Å²) in [6.45, 7) is 7.23. The Kier molecular flexibility index (Phi) is 8.56. The van der Waals surface area contributed by atoms with Gasteiger partial charge < -0.3 is 29.7 Å². The molecule has 126 valence electrons. The molecule has 1 fully saturated rings. The fourth-order valence-corrected chi connectivity index (χ4v) is 3.31. The minimum Gasteiger partial charge on any atom is -1.00 e. The number of benzene rings is 1. The molecule has 5 heteroatoms. The van der Waals surface area contributed by atoms with Crippen LogP contribution in [-0.2, 0) is 6.42 Å². The lowest BCUT2D eigenvalue weighted by atomic mass is 10.1. The molecule has 2 heterocycles. The Labute approximate surface area is 151 Å². The highest BCUT2D eigenvalue weighted by atomic mass is 35.5. The van der Waals surface area contributed by atoms with E-state index >= 15 is 0 Å². The first-order valence-corrected chi connectivity index (χ1v) is 7.97. The minimum absolute atomic E-state index is 0. The SMILES string of the molecule is CC(Cc1ccccc1)[NH+]1CC[NH+](c2ccccn2)CC1.[Cl-].[Cl-]. The Morgan fingerprint density at radius 3 is 2.17 bits per heavy atom. The van der Waals surface area contributed by atoms with Crippen molar-refractivity contribution < 1.29 is 34.6 Å². The zero-order valence-electron chi connectivity index (χ0n) is 13.5. The maximum absolute atomic E-state index is 4.49. The van der Waals surface area contributed by atoms with Gasteiger partial charge in [0.25, 0.3) is 0 Å². The smallest absolute Gasteiger partial charge is 0.226 e. The summed E-state index contributed by atoms with van der Waals surface area (Å²) in [6.07, 6.45) is 3.08. The van der Waals surface area contributed by atoms with Crippen LogP contribution in [0.4, 0.5) is 5.82 Å². The van der Waals surface area contributed by atoms with E-state index in [0.717, 1.165) is 0 Å². The number of quaternary nitrogens is 2. The van der Waals surface area contributed by atoms with Crippen molar-refractivity contribution in [3.05, 3.63) is 60.3 Å². The number of nitrogens with zero attached hydrogens (tertiary/aromatic N) is 1. The molecule has 23 heavy (non-hydrogen) atoms. The van der Waals surface area contributed by atoms with Gasteiger partial charge in [-0.2, -0.15) is 0 Å². The van der Waals surface area contributed by atoms with Gasteiger partial charge in [0.1, 0.15) is 26.2 Å². The number of piperazine rings is 1. The minimum atomic E-state index is 0. The Hall–Kier alpha value is -1.13. The fraction of sp³-hybridized carbons (Fsp3) is 0.389. The van der Waals surface area contributed by atoms with E-state index in [2.05, 4.69) is 54.4 Å². The molecule has 2 aromatic rings. The number of rotatable bonds is 4.